The maximum atomic E-state index is 11.9. The van der Waals surface area contributed by atoms with Gasteiger partial charge in [0, 0.05) is 5.02 Å². The average molecular weight is 301 g/mol. The summed E-state index contributed by atoms with van der Waals surface area (Å²) in [5, 5.41) is 30.5. The fourth-order valence-electron chi connectivity index (χ4n) is 1.94. The highest BCUT2D eigenvalue weighted by molar-refractivity contribution is 6.31. The first kappa shape index (κ1) is 14.6. The summed E-state index contributed by atoms with van der Waals surface area (Å²) in [5.74, 6) is -1.20. The molecule has 8 heteroatoms. The molecule has 1 aliphatic rings. The fraction of sp³-hybridized carbons (Fsp3) is 0.333. The number of carboxylic acids is 1. The summed E-state index contributed by atoms with van der Waals surface area (Å²) in [5.41, 5.74) is -0.0334. The van der Waals surface area contributed by atoms with Gasteiger partial charge in [0.1, 0.15) is 0 Å². The quantitative estimate of drug-likeness (QED) is 0.639. The first-order valence-corrected chi connectivity index (χ1v) is 6.21. The van der Waals surface area contributed by atoms with Crippen LogP contribution in [-0.2, 0) is 0 Å². The second-order valence-electron chi connectivity index (χ2n) is 4.46. The number of carbonyl (C=O) groups excluding carboxylic acids is 1. The first-order chi connectivity index (χ1) is 9.38. The molecule has 0 bridgehead atoms. The Labute approximate surface area is 119 Å². The molecule has 0 aromatic heterocycles. The molecule has 1 saturated heterocycles. The number of aliphatic hydroxyl groups excluding tert-OH is 2. The van der Waals surface area contributed by atoms with Crippen LogP contribution in [-0.4, -0.2) is 57.5 Å². The van der Waals surface area contributed by atoms with Crippen LogP contribution in [0.3, 0.4) is 0 Å². The summed E-state index contributed by atoms with van der Waals surface area (Å²) in [4.78, 5) is 24.2. The van der Waals surface area contributed by atoms with E-state index in [4.69, 9.17) is 16.7 Å². The highest BCUT2D eigenvalue weighted by Crippen LogP contribution is 2.22. The van der Waals surface area contributed by atoms with Gasteiger partial charge < -0.3 is 25.5 Å². The number of nitrogens with one attached hydrogen (secondary N) is 1. The van der Waals surface area contributed by atoms with Crippen molar-refractivity contribution in [3.05, 3.63) is 28.8 Å². The van der Waals surface area contributed by atoms with E-state index in [9.17, 15) is 19.8 Å². The van der Waals surface area contributed by atoms with Crippen molar-refractivity contribution in [3.8, 4) is 0 Å². The van der Waals surface area contributed by atoms with Gasteiger partial charge in [0.25, 0.3) is 0 Å². The highest BCUT2D eigenvalue weighted by Gasteiger charge is 2.32. The van der Waals surface area contributed by atoms with Crippen LogP contribution < -0.4 is 5.32 Å². The van der Waals surface area contributed by atoms with Crippen LogP contribution in [0.1, 0.15) is 10.4 Å². The lowest BCUT2D eigenvalue weighted by Crippen LogP contribution is -2.34. The summed E-state index contributed by atoms with van der Waals surface area (Å²) >= 11 is 5.77. The van der Waals surface area contributed by atoms with Crippen LogP contribution in [0.25, 0.3) is 0 Å². The van der Waals surface area contributed by atoms with Crippen molar-refractivity contribution in [3.63, 3.8) is 0 Å². The lowest BCUT2D eigenvalue weighted by atomic mass is 10.2. The number of halogens is 1. The predicted octanol–water partition coefficient (Wildman–Crippen LogP) is 0.607. The van der Waals surface area contributed by atoms with Crippen molar-refractivity contribution in [1.82, 2.24) is 4.90 Å². The van der Waals surface area contributed by atoms with Gasteiger partial charge in [0.05, 0.1) is 36.5 Å². The lowest BCUT2D eigenvalue weighted by molar-refractivity contribution is 0.0572. The summed E-state index contributed by atoms with van der Waals surface area (Å²) in [6, 6.07) is 3.41. The summed E-state index contributed by atoms with van der Waals surface area (Å²) < 4.78 is 0. The van der Waals surface area contributed by atoms with Crippen LogP contribution >= 0.6 is 11.6 Å². The van der Waals surface area contributed by atoms with Gasteiger partial charge in [-0.15, -0.1) is 0 Å². The van der Waals surface area contributed by atoms with Crippen molar-refractivity contribution in [2.24, 2.45) is 0 Å². The van der Waals surface area contributed by atoms with Crippen LogP contribution in [0.5, 0.6) is 0 Å². The number of anilines is 1. The third-order valence-corrected chi connectivity index (χ3v) is 3.23. The Balaban J connectivity index is 2.16. The Hall–Kier alpha value is -1.83. The molecule has 2 rings (SSSR count). The molecule has 20 heavy (non-hydrogen) atoms. The number of aromatic carboxylic acids is 1. The van der Waals surface area contributed by atoms with Gasteiger partial charge in [0.2, 0.25) is 0 Å². The van der Waals surface area contributed by atoms with E-state index in [1.807, 2.05) is 0 Å². The minimum Gasteiger partial charge on any atom is -0.478 e. The second kappa shape index (κ2) is 5.66. The van der Waals surface area contributed by atoms with E-state index in [0.717, 1.165) is 0 Å². The largest absolute Gasteiger partial charge is 0.478 e. The standard InChI is InChI=1S/C12H13ClN2O5/c13-6-1-2-7(11(18)19)8(3-6)14-12(20)15-4-9(16)10(17)5-15/h1-3,9-10,16-17H,4-5H2,(H,14,20)(H,18,19). The number of nitrogens with zero attached hydrogens (tertiary/aromatic N) is 1. The number of carbonyl (C=O) groups is 2. The van der Waals surface area contributed by atoms with E-state index >= 15 is 0 Å². The molecule has 1 heterocycles. The average Bonchev–Trinajstić information content (AvgIpc) is 2.69. The molecule has 4 N–H and O–H groups in total. The maximum Gasteiger partial charge on any atom is 0.337 e. The molecule has 1 fully saturated rings. The number of β-amino-alcohol motifs (C(OH)–C–C–N with tert-alkyl or cyclic N) is 2. The number of benzene rings is 1. The van der Waals surface area contributed by atoms with E-state index in [1.165, 1.54) is 23.1 Å². The van der Waals surface area contributed by atoms with Gasteiger partial charge >= 0.3 is 12.0 Å². The zero-order chi connectivity index (χ0) is 14.9. The number of carboxylic acid groups (broad SMARTS) is 1. The molecule has 1 aromatic rings. The van der Waals surface area contributed by atoms with Gasteiger partial charge in [-0.2, -0.15) is 0 Å². The minimum atomic E-state index is -1.20. The summed E-state index contributed by atoms with van der Waals surface area (Å²) in [7, 11) is 0. The molecular formula is C12H13ClN2O5. The SMILES string of the molecule is O=C(O)c1ccc(Cl)cc1NC(=O)N1CC(O)C(O)C1. The normalized spacial score (nSPS) is 21.9. The number of urea groups is 1. The zero-order valence-corrected chi connectivity index (χ0v) is 11.0. The number of hydrogen-bond donors (Lipinski definition) is 4. The van der Waals surface area contributed by atoms with Crippen LogP contribution in [0.2, 0.25) is 5.02 Å². The first-order valence-electron chi connectivity index (χ1n) is 5.83. The van der Waals surface area contributed by atoms with E-state index < -0.39 is 24.2 Å². The van der Waals surface area contributed by atoms with Gasteiger partial charge in [0.15, 0.2) is 0 Å². The van der Waals surface area contributed by atoms with Gasteiger partial charge in [-0.3, -0.25) is 0 Å². The third kappa shape index (κ3) is 3.01. The Kier molecular flexibility index (Phi) is 4.12. The number of likely N-dealkylation sites (tertiary alicyclic amines) is 1. The molecule has 1 aliphatic heterocycles. The molecule has 1 aromatic carbocycles. The molecule has 7 nitrogen and oxygen atoms in total. The fourth-order valence-corrected chi connectivity index (χ4v) is 2.11. The molecule has 0 spiro atoms. The van der Waals surface area contributed by atoms with Crippen LogP contribution in [0, 0.1) is 0 Å². The zero-order valence-electron chi connectivity index (χ0n) is 10.3. The van der Waals surface area contributed by atoms with Crippen molar-refractivity contribution in [2.45, 2.75) is 12.2 Å². The van der Waals surface area contributed by atoms with Crippen molar-refractivity contribution >= 4 is 29.3 Å². The minimum absolute atomic E-state index is 0.0179. The van der Waals surface area contributed by atoms with Gasteiger partial charge in [-0.25, -0.2) is 9.59 Å². The number of rotatable bonds is 2. The molecule has 0 saturated carbocycles. The molecule has 108 valence electrons. The van der Waals surface area contributed by atoms with Crippen molar-refractivity contribution in [2.75, 3.05) is 18.4 Å². The lowest BCUT2D eigenvalue weighted by Gasteiger charge is -2.17. The van der Waals surface area contributed by atoms with Crippen molar-refractivity contribution < 1.29 is 24.9 Å². The van der Waals surface area contributed by atoms with E-state index in [0.29, 0.717) is 0 Å². The number of amides is 2. The van der Waals surface area contributed by atoms with E-state index in [2.05, 4.69) is 5.32 Å². The molecule has 2 unspecified atom stereocenters. The van der Waals surface area contributed by atoms with Crippen molar-refractivity contribution in [1.29, 1.82) is 0 Å². The Morgan fingerprint density at radius 1 is 1.25 bits per heavy atom. The Bertz CT molecular complexity index is 541. The van der Waals surface area contributed by atoms with Crippen LogP contribution in [0.4, 0.5) is 10.5 Å². The Morgan fingerprint density at radius 3 is 2.40 bits per heavy atom. The second-order valence-corrected chi connectivity index (χ2v) is 4.90. The van der Waals surface area contributed by atoms with E-state index in [-0.39, 0.29) is 29.4 Å². The molecule has 0 aliphatic carbocycles. The monoisotopic (exact) mass is 300 g/mol. The predicted molar refractivity (Wildman–Crippen MR) is 71.0 cm³/mol. The maximum absolute atomic E-state index is 11.9. The molecule has 2 atom stereocenters. The Morgan fingerprint density at radius 2 is 1.85 bits per heavy atom. The molecule has 2 amide bonds. The van der Waals surface area contributed by atoms with E-state index in [1.54, 1.807) is 0 Å². The topological polar surface area (TPSA) is 110 Å². The number of hydrogen-bond acceptors (Lipinski definition) is 4. The van der Waals surface area contributed by atoms with Gasteiger partial charge in [-0.1, -0.05) is 11.6 Å². The smallest absolute Gasteiger partial charge is 0.337 e. The number of aliphatic hydroxyl groups is 2. The molecule has 0 radical (unpaired) electrons. The summed E-state index contributed by atoms with van der Waals surface area (Å²) in [6.07, 6.45) is -2.00. The summed E-state index contributed by atoms with van der Waals surface area (Å²) in [6.45, 7) is -0.0358. The molecular weight excluding hydrogens is 288 g/mol. The van der Waals surface area contributed by atoms with Crippen LogP contribution in [0.15, 0.2) is 18.2 Å². The highest BCUT2D eigenvalue weighted by atomic mass is 35.5. The van der Waals surface area contributed by atoms with Gasteiger partial charge in [-0.05, 0) is 18.2 Å². The third-order valence-electron chi connectivity index (χ3n) is 3.00.